The predicted molar refractivity (Wildman–Crippen MR) is 82.9 cm³/mol. The maximum absolute atomic E-state index is 12.3. The van der Waals surface area contributed by atoms with Crippen molar-refractivity contribution >= 4 is 28.8 Å². The Kier molecular flexibility index (Phi) is 3.28. The monoisotopic (exact) mass is 278 g/mol. The van der Waals surface area contributed by atoms with Gasteiger partial charge in [0.25, 0.3) is 0 Å². The molecule has 4 nitrogen and oxygen atoms in total. The van der Waals surface area contributed by atoms with Gasteiger partial charge in [0.2, 0.25) is 0 Å². The normalized spacial score (nSPS) is 10.5. The molecule has 104 valence electrons. The SMILES string of the molecule is Cc1c(C=O)cccc1NC(=O)n1cc2ccccc2c1. The number of carbonyl (C=O) groups excluding carboxylic acids is 2. The van der Waals surface area contributed by atoms with Gasteiger partial charge in [-0.25, -0.2) is 4.79 Å². The molecule has 3 aromatic rings. The number of nitrogens with zero attached hydrogens (tertiary/aromatic N) is 1. The van der Waals surface area contributed by atoms with E-state index in [0.717, 1.165) is 22.6 Å². The van der Waals surface area contributed by atoms with Crippen LogP contribution in [0.5, 0.6) is 0 Å². The van der Waals surface area contributed by atoms with Crippen LogP contribution >= 0.6 is 0 Å². The summed E-state index contributed by atoms with van der Waals surface area (Å²) in [4.78, 5) is 23.2. The fourth-order valence-electron chi connectivity index (χ4n) is 2.30. The van der Waals surface area contributed by atoms with Crippen molar-refractivity contribution in [3.63, 3.8) is 0 Å². The van der Waals surface area contributed by atoms with Gasteiger partial charge in [-0.3, -0.25) is 9.36 Å². The molecule has 0 aliphatic heterocycles. The first kappa shape index (κ1) is 13.1. The van der Waals surface area contributed by atoms with E-state index in [2.05, 4.69) is 5.32 Å². The van der Waals surface area contributed by atoms with Crippen molar-refractivity contribution in [1.29, 1.82) is 0 Å². The van der Waals surface area contributed by atoms with Crippen molar-refractivity contribution in [2.45, 2.75) is 6.92 Å². The number of hydrogen-bond donors (Lipinski definition) is 1. The number of benzene rings is 2. The number of fused-ring (bicyclic) bond motifs is 1. The summed E-state index contributed by atoms with van der Waals surface area (Å²) in [6.07, 6.45) is 4.35. The molecule has 2 aromatic carbocycles. The lowest BCUT2D eigenvalue weighted by molar-refractivity contribution is 0.112. The molecule has 0 unspecified atom stereocenters. The molecule has 0 saturated carbocycles. The molecular weight excluding hydrogens is 264 g/mol. The summed E-state index contributed by atoms with van der Waals surface area (Å²) in [7, 11) is 0. The van der Waals surface area contributed by atoms with Crippen LogP contribution < -0.4 is 5.32 Å². The number of carbonyl (C=O) groups is 2. The Morgan fingerprint density at radius 1 is 1.05 bits per heavy atom. The standard InChI is InChI=1S/C17H14N2O2/c1-12-15(11-20)7-4-8-16(12)18-17(21)19-9-13-5-2-3-6-14(13)10-19/h2-11H,1H3,(H,18,21). The second-order valence-corrected chi connectivity index (χ2v) is 4.86. The molecule has 0 spiro atoms. The minimum atomic E-state index is -0.252. The highest BCUT2D eigenvalue weighted by atomic mass is 16.2. The Balaban J connectivity index is 1.91. The van der Waals surface area contributed by atoms with E-state index in [1.807, 2.05) is 31.2 Å². The van der Waals surface area contributed by atoms with Crippen LogP contribution in [0.4, 0.5) is 10.5 Å². The molecule has 0 aliphatic rings. The van der Waals surface area contributed by atoms with Crippen LogP contribution in [0, 0.1) is 6.92 Å². The largest absolute Gasteiger partial charge is 0.330 e. The van der Waals surface area contributed by atoms with Crippen molar-refractivity contribution in [3.05, 3.63) is 66.0 Å². The maximum atomic E-state index is 12.3. The van der Waals surface area contributed by atoms with Gasteiger partial charge in [0, 0.05) is 23.6 Å². The first-order chi connectivity index (χ1) is 10.2. The molecule has 1 amide bonds. The van der Waals surface area contributed by atoms with E-state index in [4.69, 9.17) is 0 Å². The molecule has 1 aromatic heterocycles. The number of anilines is 1. The average molecular weight is 278 g/mol. The van der Waals surface area contributed by atoms with Gasteiger partial charge in [0.15, 0.2) is 0 Å². The lowest BCUT2D eigenvalue weighted by Gasteiger charge is -2.09. The predicted octanol–water partition coefficient (Wildman–Crippen LogP) is 3.84. The Bertz CT molecular complexity index is 801. The fraction of sp³-hybridized carbons (Fsp3) is 0.0588. The Hall–Kier alpha value is -2.88. The van der Waals surface area contributed by atoms with Crippen molar-refractivity contribution in [1.82, 2.24) is 4.57 Å². The van der Waals surface area contributed by atoms with Crippen LogP contribution in [0.1, 0.15) is 15.9 Å². The molecule has 21 heavy (non-hydrogen) atoms. The fourth-order valence-corrected chi connectivity index (χ4v) is 2.30. The highest BCUT2D eigenvalue weighted by Gasteiger charge is 2.09. The second-order valence-electron chi connectivity index (χ2n) is 4.86. The molecule has 0 aliphatic carbocycles. The number of aromatic nitrogens is 1. The van der Waals surface area contributed by atoms with E-state index in [0.29, 0.717) is 11.3 Å². The maximum Gasteiger partial charge on any atom is 0.330 e. The van der Waals surface area contributed by atoms with E-state index in [1.54, 1.807) is 30.6 Å². The molecule has 0 saturated heterocycles. The summed E-state index contributed by atoms with van der Waals surface area (Å²) in [5.74, 6) is 0. The highest BCUT2D eigenvalue weighted by molar-refractivity contribution is 5.96. The minimum absolute atomic E-state index is 0.252. The zero-order valence-electron chi connectivity index (χ0n) is 11.5. The third-order valence-corrected chi connectivity index (χ3v) is 3.53. The van der Waals surface area contributed by atoms with Crippen LogP contribution in [0.3, 0.4) is 0 Å². The zero-order valence-corrected chi connectivity index (χ0v) is 11.5. The first-order valence-electron chi connectivity index (χ1n) is 6.62. The van der Waals surface area contributed by atoms with E-state index >= 15 is 0 Å². The second kappa shape index (κ2) is 5.25. The summed E-state index contributed by atoms with van der Waals surface area (Å²) in [6, 6.07) is 12.8. The number of nitrogens with one attached hydrogen (secondary N) is 1. The van der Waals surface area contributed by atoms with E-state index in [-0.39, 0.29) is 6.03 Å². The van der Waals surface area contributed by atoms with E-state index in [9.17, 15) is 9.59 Å². The summed E-state index contributed by atoms with van der Waals surface area (Å²) in [6.45, 7) is 1.81. The number of amides is 1. The molecule has 1 N–H and O–H groups in total. The smallest absolute Gasteiger partial charge is 0.307 e. The van der Waals surface area contributed by atoms with Gasteiger partial charge in [0.05, 0.1) is 0 Å². The average Bonchev–Trinajstić information content (AvgIpc) is 2.93. The van der Waals surface area contributed by atoms with Crippen molar-refractivity contribution in [3.8, 4) is 0 Å². The molecule has 0 atom stereocenters. The molecule has 0 bridgehead atoms. The van der Waals surface area contributed by atoms with Gasteiger partial charge in [-0.05, 0) is 29.3 Å². The van der Waals surface area contributed by atoms with Gasteiger partial charge in [-0.15, -0.1) is 0 Å². The topological polar surface area (TPSA) is 51.1 Å². The minimum Gasteiger partial charge on any atom is -0.307 e. The molecular formula is C17H14N2O2. The third kappa shape index (κ3) is 2.43. The van der Waals surface area contributed by atoms with Crippen LogP contribution in [-0.4, -0.2) is 16.9 Å². The van der Waals surface area contributed by atoms with Crippen molar-refractivity contribution < 1.29 is 9.59 Å². The van der Waals surface area contributed by atoms with Crippen LogP contribution in [0.15, 0.2) is 54.9 Å². The highest BCUT2D eigenvalue weighted by Crippen LogP contribution is 2.19. The molecule has 1 heterocycles. The van der Waals surface area contributed by atoms with Gasteiger partial charge in [-0.1, -0.05) is 36.4 Å². The molecule has 4 heteroatoms. The summed E-state index contributed by atoms with van der Waals surface area (Å²) in [5.41, 5.74) is 1.98. The van der Waals surface area contributed by atoms with Gasteiger partial charge >= 0.3 is 6.03 Å². The van der Waals surface area contributed by atoms with Crippen molar-refractivity contribution in [2.24, 2.45) is 0 Å². The van der Waals surface area contributed by atoms with Gasteiger partial charge in [-0.2, -0.15) is 0 Å². The molecule has 0 fully saturated rings. The lowest BCUT2D eigenvalue weighted by atomic mass is 10.1. The Labute approximate surface area is 122 Å². The number of rotatable bonds is 2. The van der Waals surface area contributed by atoms with Gasteiger partial charge < -0.3 is 5.32 Å². The zero-order chi connectivity index (χ0) is 14.8. The van der Waals surface area contributed by atoms with Crippen LogP contribution in [0.25, 0.3) is 10.8 Å². The Morgan fingerprint density at radius 3 is 2.33 bits per heavy atom. The quantitative estimate of drug-likeness (QED) is 0.724. The van der Waals surface area contributed by atoms with E-state index < -0.39 is 0 Å². The molecule has 0 radical (unpaired) electrons. The lowest BCUT2D eigenvalue weighted by Crippen LogP contribution is -2.18. The van der Waals surface area contributed by atoms with Crippen LogP contribution in [0.2, 0.25) is 0 Å². The number of hydrogen-bond acceptors (Lipinski definition) is 2. The third-order valence-electron chi connectivity index (χ3n) is 3.53. The summed E-state index contributed by atoms with van der Waals surface area (Å²) in [5, 5.41) is 4.84. The Morgan fingerprint density at radius 2 is 1.71 bits per heavy atom. The first-order valence-corrected chi connectivity index (χ1v) is 6.62. The van der Waals surface area contributed by atoms with Crippen LogP contribution in [-0.2, 0) is 0 Å². The number of aldehydes is 1. The summed E-state index contributed by atoms with van der Waals surface area (Å²) < 4.78 is 1.51. The van der Waals surface area contributed by atoms with Crippen molar-refractivity contribution in [2.75, 3.05) is 5.32 Å². The van der Waals surface area contributed by atoms with E-state index in [1.165, 1.54) is 4.57 Å². The van der Waals surface area contributed by atoms with Gasteiger partial charge in [0.1, 0.15) is 6.29 Å². The molecule has 3 rings (SSSR count). The summed E-state index contributed by atoms with van der Waals surface area (Å²) >= 11 is 0.